The van der Waals surface area contributed by atoms with E-state index in [0.717, 1.165) is 5.56 Å². The van der Waals surface area contributed by atoms with Crippen LogP contribution in [0, 0.1) is 6.92 Å². The van der Waals surface area contributed by atoms with E-state index >= 15 is 0 Å². The largest absolute Gasteiger partial charge is 0.489 e. The first-order chi connectivity index (χ1) is 15.0. The predicted molar refractivity (Wildman–Crippen MR) is 109 cm³/mol. The number of halogens is 2. The van der Waals surface area contributed by atoms with Crippen LogP contribution in [-0.4, -0.2) is 29.1 Å². The Kier molecular flexibility index (Phi) is 7.31. The molecule has 0 fully saturated rings. The minimum atomic E-state index is -3.01. The summed E-state index contributed by atoms with van der Waals surface area (Å²) in [6.45, 7) is 2.76. The molecule has 0 atom stereocenters. The van der Waals surface area contributed by atoms with Gasteiger partial charge in [0.2, 0.25) is 5.89 Å². The van der Waals surface area contributed by atoms with Crippen LogP contribution in [0.3, 0.4) is 0 Å². The molecule has 1 aromatic carbocycles. The van der Waals surface area contributed by atoms with Crippen molar-refractivity contribution in [1.82, 2.24) is 15.3 Å². The highest BCUT2D eigenvalue weighted by molar-refractivity contribution is 5.93. The van der Waals surface area contributed by atoms with Crippen molar-refractivity contribution >= 4 is 5.91 Å². The van der Waals surface area contributed by atoms with Gasteiger partial charge in [0, 0.05) is 11.8 Å². The van der Waals surface area contributed by atoms with Gasteiger partial charge in [-0.3, -0.25) is 9.78 Å². The van der Waals surface area contributed by atoms with Gasteiger partial charge in [0.15, 0.2) is 11.5 Å². The van der Waals surface area contributed by atoms with Gasteiger partial charge in [-0.1, -0.05) is 12.1 Å². The number of aromatic nitrogens is 2. The third-order valence-corrected chi connectivity index (χ3v) is 4.19. The van der Waals surface area contributed by atoms with E-state index in [1.165, 1.54) is 18.4 Å². The van der Waals surface area contributed by atoms with Crippen molar-refractivity contribution in [3.05, 3.63) is 72.4 Å². The van der Waals surface area contributed by atoms with Gasteiger partial charge in [0.05, 0.1) is 18.8 Å². The summed E-state index contributed by atoms with van der Waals surface area (Å²) in [5, 5.41) is 2.72. The highest BCUT2D eigenvalue weighted by Crippen LogP contribution is 2.33. The van der Waals surface area contributed by atoms with E-state index in [4.69, 9.17) is 9.15 Å². The van der Waals surface area contributed by atoms with Crippen LogP contribution in [0.5, 0.6) is 11.5 Å². The molecule has 9 heteroatoms. The Hall–Kier alpha value is -3.75. The fraction of sp³-hybridized carbons (Fsp3) is 0.227. The van der Waals surface area contributed by atoms with Crippen LogP contribution in [0.4, 0.5) is 8.78 Å². The monoisotopic (exact) mass is 429 g/mol. The summed E-state index contributed by atoms with van der Waals surface area (Å²) in [6, 6.07) is 8.03. The summed E-state index contributed by atoms with van der Waals surface area (Å²) in [7, 11) is 0. The molecule has 0 saturated carbocycles. The van der Waals surface area contributed by atoms with Gasteiger partial charge in [-0.2, -0.15) is 8.78 Å². The number of nitrogens with zero attached hydrogens (tertiary/aromatic N) is 2. The molecule has 0 saturated heterocycles. The van der Waals surface area contributed by atoms with Crippen molar-refractivity contribution in [1.29, 1.82) is 0 Å². The molecule has 0 spiro atoms. The lowest BCUT2D eigenvalue weighted by molar-refractivity contribution is -0.0514. The topological polar surface area (TPSA) is 86.5 Å². The van der Waals surface area contributed by atoms with Crippen molar-refractivity contribution in [3.63, 3.8) is 0 Å². The van der Waals surface area contributed by atoms with E-state index in [1.54, 1.807) is 37.4 Å². The van der Waals surface area contributed by atoms with E-state index < -0.39 is 6.61 Å². The lowest BCUT2D eigenvalue weighted by Gasteiger charge is -2.12. The molecule has 31 heavy (non-hydrogen) atoms. The Morgan fingerprint density at radius 3 is 2.90 bits per heavy atom. The van der Waals surface area contributed by atoms with Crippen molar-refractivity contribution < 1.29 is 27.5 Å². The van der Waals surface area contributed by atoms with Crippen molar-refractivity contribution in [2.45, 2.75) is 26.5 Å². The molecule has 1 amide bonds. The van der Waals surface area contributed by atoms with Crippen LogP contribution in [0.25, 0.3) is 11.5 Å². The molecule has 162 valence electrons. The Morgan fingerprint density at radius 1 is 1.32 bits per heavy atom. The molecular formula is C22H21F2N3O4. The van der Waals surface area contributed by atoms with E-state index in [2.05, 4.69) is 26.6 Å². The predicted octanol–water partition coefficient (Wildman–Crippen LogP) is 4.53. The fourth-order valence-electron chi connectivity index (χ4n) is 2.70. The van der Waals surface area contributed by atoms with E-state index in [-0.39, 0.29) is 36.4 Å². The average Bonchev–Trinajstić information content (AvgIpc) is 3.22. The van der Waals surface area contributed by atoms with E-state index in [1.807, 2.05) is 0 Å². The Morgan fingerprint density at radius 2 is 2.16 bits per heavy atom. The Bertz CT molecular complexity index is 1050. The normalized spacial score (nSPS) is 10.7. The van der Waals surface area contributed by atoms with Crippen molar-refractivity contribution in [2.75, 3.05) is 6.61 Å². The number of hydrogen-bond donors (Lipinski definition) is 1. The third-order valence-electron chi connectivity index (χ3n) is 4.19. The number of pyridine rings is 1. The van der Waals surface area contributed by atoms with Crippen LogP contribution >= 0.6 is 0 Å². The van der Waals surface area contributed by atoms with Crippen molar-refractivity contribution in [3.8, 4) is 23.0 Å². The molecule has 2 aromatic heterocycles. The maximum absolute atomic E-state index is 12.8. The number of ether oxygens (including phenoxy) is 2. The zero-order valence-electron chi connectivity index (χ0n) is 16.8. The summed E-state index contributed by atoms with van der Waals surface area (Å²) >= 11 is 0. The lowest BCUT2D eigenvalue weighted by Crippen LogP contribution is -2.24. The molecule has 3 rings (SSSR count). The number of carbonyl (C=O) groups excluding carboxylic acids is 1. The van der Waals surface area contributed by atoms with Gasteiger partial charge in [-0.05, 0) is 43.2 Å². The number of alkyl halides is 2. The number of hydrogen-bond acceptors (Lipinski definition) is 6. The van der Waals surface area contributed by atoms with Crippen LogP contribution in [0.2, 0.25) is 0 Å². The first kappa shape index (κ1) is 21.9. The number of aryl methyl sites for hydroxylation is 1. The maximum atomic E-state index is 12.8. The number of carbonyl (C=O) groups is 1. The summed E-state index contributed by atoms with van der Waals surface area (Å²) in [5.41, 5.74) is 1.96. The Balaban J connectivity index is 1.71. The van der Waals surface area contributed by atoms with Gasteiger partial charge >= 0.3 is 6.61 Å². The molecule has 0 bridgehead atoms. The minimum Gasteiger partial charge on any atom is -0.489 e. The summed E-state index contributed by atoms with van der Waals surface area (Å²) in [6.07, 6.45) is 5.13. The second kappa shape index (κ2) is 10.3. The van der Waals surface area contributed by atoms with Crippen LogP contribution in [0.1, 0.15) is 28.2 Å². The van der Waals surface area contributed by atoms with Gasteiger partial charge in [0.1, 0.15) is 12.0 Å². The maximum Gasteiger partial charge on any atom is 0.387 e. The first-order valence-electron chi connectivity index (χ1n) is 9.45. The first-order valence-corrected chi connectivity index (χ1v) is 9.45. The van der Waals surface area contributed by atoms with Crippen molar-refractivity contribution in [2.24, 2.45) is 0 Å². The smallest absolute Gasteiger partial charge is 0.387 e. The van der Waals surface area contributed by atoms with Gasteiger partial charge < -0.3 is 19.2 Å². The molecule has 0 unspecified atom stereocenters. The molecule has 7 nitrogen and oxygen atoms in total. The second-order valence-electron chi connectivity index (χ2n) is 6.46. The second-order valence-corrected chi connectivity index (χ2v) is 6.46. The quantitative estimate of drug-likeness (QED) is 0.376. The summed E-state index contributed by atoms with van der Waals surface area (Å²) in [4.78, 5) is 20.6. The van der Waals surface area contributed by atoms with Crippen LogP contribution < -0.4 is 14.8 Å². The number of rotatable bonds is 10. The summed E-state index contributed by atoms with van der Waals surface area (Å²) < 4.78 is 41.0. The molecular weight excluding hydrogens is 408 g/mol. The fourth-order valence-corrected chi connectivity index (χ4v) is 2.70. The van der Waals surface area contributed by atoms with Gasteiger partial charge in [-0.15, -0.1) is 6.58 Å². The van der Waals surface area contributed by atoms with Gasteiger partial charge in [0.25, 0.3) is 5.91 Å². The molecule has 0 aliphatic heterocycles. The number of amides is 1. The summed E-state index contributed by atoms with van der Waals surface area (Å²) in [5.74, 6) is -0.0998. The minimum absolute atomic E-state index is 0.113. The standard InChI is InChI=1S/C22H21F2N3O4/c1-3-4-10-29-17-8-7-15(11-18(17)31-22(23)24)21-27-16(13-30-21)12-26-20(28)19-14(2)6-5-9-25-19/h3,5-9,11,13,22H,1,4,10,12H2,2H3,(H,26,28). The number of nitrogens with one attached hydrogen (secondary N) is 1. The molecule has 3 aromatic rings. The Labute approximate surface area is 177 Å². The number of oxazole rings is 1. The zero-order valence-corrected chi connectivity index (χ0v) is 16.8. The molecule has 0 aliphatic rings. The van der Waals surface area contributed by atoms with Crippen LogP contribution in [-0.2, 0) is 6.54 Å². The molecule has 0 radical (unpaired) electrons. The van der Waals surface area contributed by atoms with E-state index in [0.29, 0.717) is 23.4 Å². The van der Waals surface area contributed by atoms with Gasteiger partial charge in [-0.25, -0.2) is 4.98 Å². The van der Waals surface area contributed by atoms with E-state index in [9.17, 15) is 13.6 Å². The zero-order chi connectivity index (χ0) is 22.2. The number of benzene rings is 1. The lowest BCUT2D eigenvalue weighted by atomic mass is 10.2. The molecule has 1 N–H and O–H groups in total. The third kappa shape index (κ3) is 5.88. The highest BCUT2D eigenvalue weighted by Gasteiger charge is 2.16. The molecule has 0 aliphatic carbocycles. The van der Waals surface area contributed by atoms with Crippen LogP contribution in [0.15, 0.2) is 59.9 Å². The highest BCUT2D eigenvalue weighted by atomic mass is 19.3. The average molecular weight is 429 g/mol. The molecule has 2 heterocycles. The SMILES string of the molecule is C=CCCOc1ccc(-c2nc(CNC(=O)c3ncccc3C)co2)cc1OC(F)F.